The molecule has 0 heterocycles. The van der Waals surface area contributed by atoms with Crippen LogP contribution in [0.5, 0.6) is 0 Å². The first-order valence-electron chi connectivity index (χ1n) is 9.28. The molecular formula is C20H32N2O4S2. The molecule has 0 saturated heterocycles. The summed E-state index contributed by atoms with van der Waals surface area (Å²) in [5, 5.41) is 2.83. The lowest BCUT2D eigenvalue weighted by atomic mass is 9.94. The SMILES string of the molecule is COC(=O)C(CCSC)NC(=O)c1cc(COCC(N)CS)ccc1C(C)C. The predicted octanol–water partition coefficient (Wildman–Crippen LogP) is 2.61. The maximum atomic E-state index is 12.9. The molecular weight excluding hydrogens is 396 g/mol. The minimum atomic E-state index is -0.668. The number of thioether (sulfide) groups is 1. The van der Waals surface area contributed by atoms with Gasteiger partial charge in [-0.15, -0.1) is 0 Å². The predicted molar refractivity (Wildman–Crippen MR) is 118 cm³/mol. The smallest absolute Gasteiger partial charge is 0.328 e. The zero-order valence-electron chi connectivity index (χ0n) is 17.1. The van der Waals surface area contributed by atoms with Gasteiger partial charge >= 0.3 is 5.97 Å². The van der Waals surface area contributed by atoms with E-state index in [1.807, 2.05) is 38.3 Å². The van der Waals surface area contributed by atoms with Crippen LogP contribution in [-0.2, 0) is 20.9 Å². The molecule has 1 amide bonds. The molecule has 0 aliphatic carbocycles. The minimum Gasteiger partial charge on any atom is -0.467 e. The second kappa shape index (κ2) is 13.1. The highest BCUT2D eigenvalue weighted by atomic mass is 32.2. The Hall–Kier alpha value is -1.22. The van der Waals surface area contributed by atoms with Crippen molar-refractivity contribution < 1.29 is 19.1 Å². The Bertz CT molecular complexity index is 641. The average Bonchev–Trinajstić information content (AvgIpc) is 2.69. The monoisotopic (exact) mass is 428 g/mol. The van der Waals surface area contributed by atoms with Crippen molar-refractivity contribution in [3.05, 3.63) is 34.9 Å². The fourth-order valence-electron chi connectivity index (χ4n) is 2.64. The van der Waals surface area contributed by atoms with Crippen molar-refractivity contribution in [2.45, 2.75) is 44.9 Å². The molecule has 1 aromatic carbocycles. The number of hydrogen-bond donors (Lipinski definition) is 3. The standard InChI is InChI=1S/C20H32N2O4S2/c1-13(2)16-6-5-14(10-26-11-15(21)12-27)9-17(16)19(23)22-18(7-8-28-4)20(24)25-3/h5-6,9,13,15,18,27H,7-8,10-12,21H2,1-4H3,(H,22,23). The molecule has 28 heavy (non-hydrogen) atoms. The summed E-state index contributed by atoms with van der Waals surface area (Å²) in [4.78, 5) is 25.0. The molecule has 8 heteroatoms. The second-order valence-electron chi connectivity index (χ2n) is 6.86. The van der Waals surface area contributed by atoms with Gasteiger partial charge in [-0.3, -0.25) is 4.79 Å². The summed E-state index contributed by atoms with van der Waals surface area (Å²) in [6.07, 6.45) is 2.47. The molecule has 0 saturated carbocycles. The van der Waals surface area contributed by atoms with Crippen LogP contribution in [0.2, 0.25) is 0 Å². The summed E-state index contributed by atoms with van der Waals surface area (Å²) in [6, 6.07) is 4.91. The molecule has 0 radical (unpaired) electrons. The van der Waals surface area contributed by atoms with Gasteiger partial charge in [0.2, 0.25) is 0 Å². The molecule has 3 N–H and O–H groups in total. The molecule has 0 aliphatic rings. The van der Waals surface area contributed by atoms with Gasteiger partial charge in [0.05, 0.1) is 20.3 Å². The maximum absolute atomic E-state index is 12.9. The van der Waals surface area contributed by atoms with E-state index >= 15 is 0 Å². The van der Waals surface area contributed by atoms with E-state index in [9.17, 15) is 9.59 Å². The van der Waals surface area contributed by atoms with E-state index in [1.165, 1.54) is 7.11 Å². The van der Waals surface area contributed by atoms with Crippen LogP contribution >= 0.6 is 24.4 Å². The number of esters is 1. The number of rotatable bonds is 12. The number of nitrogens with one attached hydrogen (secondary N) is 1. The van der Waals surface area contributed by atoms with E-state index < -0.39 is 12.0 Å². The van der Waals surface area contributed by atoms with E-state index in [1.54, 1.807) is 11.8 Å². The number of thiol groups is 1. The number of methoxy groups -OCH3 is 1. The number of carbonyl (C=O) groups is 2. The van der Waals surface area contributed by atoms with Crippen LogP contribution in [-0.4, -0.2) is 55.4 Å². The third-order valence-corrected chi connectivity index (χ3v) is 5.33. The van der Waals surface area contributed by atoms with Gasteiger partial charge in [0.15, 0.2) is 0 Å². The lowest BCUT2D eigenvalue weighted by molar-refractivity contribution is -0.142. The van der Waals surface area contributed by atoms with E-state index in [4.69, 9.17) is 15.2 Å². The zero-order valence-corrected chi connectivity index (χ0v) is 18.8. The topological polar surface area (TPSA) is 90.6 Å². The van der Waals surface area contributed by atoms with E-state index in [2.05, 4.69) is 17.9 Å². The Balaban J connectivity index is 2.98. The number of carbonyl (C=O) groups excluding carboxylic acids is 2. The first kappa shape index (κ1) is 24.8. The van der Waals surface area contributed by atoms with Crippen LogP contribution in [0.1, 0.15) is 47.7 Å². The summed E-state index contributed by atoms with van der Waals surface area (Å²) in [6.45, 7) is 4.81. The number of benzene rings is 1. The highest BCUT2D eigenvalue weighted by Crippen LogP contribution is 2.22. The van der Waals surface area contributed by atoms with E-state index in [-0.39, 0.29) is 17.9 Å². The Morgan fingerprint density at radius 3 is 2.61 bits per heavy atom. The lowest BCUT2D eigenvalue weighted by Gasteiger charge is -2.19. The maximum Gasteiger partial charge on any atom is 0.328 e. The van der Waals surface area contributed by atoms with Gasteiger partial charge < -0.3 is 20.5 Å². The lowest BCUT2D eigenvalue weighted by Crippen LogP contribution is -2.42. The number of amides is 1. The first-order valence-corrected chi connectivity index (χ1v) is 11.3. The van der Waals surface area contributed by atoms with Crippen molar-refractivity contribution in [2.24, 2.45) is 5.73 Å². The van der Waals surface area contributed by atoms with Gasteiger partial charge in [-0.1, -0.05) is 26.0 Å². The summed E-state index contributed by atoms with van der Waals surface area (Å²) in [7, 11) is 1.33. The number of hydrogen-bond acceptors (Lipinski definition) is 7. The molecule has 1 rings (SSSR count). The van der Waals surface area contributed by atoms with Crippen LogP contribution in [0.25, 0.3) is 0 Å². The highest BCUT2D eigenvalue weighted by molar-refractivity contribution is 7.98. The fraction of sp³-hybridized carbons (Fsp3) is 0.600. The van der Waals surface area contributed by atoms with Crippen molar-refractivity contribution in [3.63, 3.8) is 0 Å². The van der Waals surface area contributed by atoms with Crippen LogP contribution in [0.15, 0.2) is 18.2 Å². The van der Waals surface area contributed by atoms with Gasteiger partial charge in [-0.2, -0.15) is 24.4 Å². The zero-order chi connectivity index (χ0) is 21.1. The van der Waals surface area contributed by atoms with E-state index in [0.717, 1.165) is 16.9 Å². The Morgan fingerprint density at radius 1 is 1.32 bits per heavy atom. The van der Waals surface area contributed by atoms with Crippen molar-refractivity contribution in [1.29, 1.82) is 0 Å². The summed E-state index contributed by atoms with van der Waals surface area (Å²) in [5.41, 5.74) is 8.15. The molecule has 0 bridgehead atoms. The van der Waals surface area contributed by atoms with Gasteiger partial charge in [-0.05, 0) is 41.5 Å². The summed E-state index contributed by atoms with van der Waals surface area (Å²) < 4.78 is 10.4. The molecule has 2 unspecified atom stereocenters. The largest absolute Gasteiger partial charge is 0.467 e. The fourth-order valence-corrected chi connectivity index (χ4v) is 3.21. The minimum absolute atomic E-state index is 0.127. The summed E-state index contributed by atoms with van der Waals surface area (Å²) in [5.74, 6) is 0.736. The normalized spacial score (nSPS) is 13.2. The molecule has 158 valence electrons. The average molecular weight is 429 g/mol. The van der Waals surface area contributed by atoms with Crippen LogP contribution < -0.4 is 11.1 Å². The Labute approximate surface area is 177 Å². The highest BCUT2D eigenvalue weighted by Gasteiger charge is 2.23. The molecule has 0 aliphatic heterocycles. The molecule has 6 nitrogen and oxygen atoms in total. The first-order chi connectivity index (χ1) is 13.3. The van der Waals surface area contributed by atoms with Gasteiger partial charge in [0, 0.05) is 17.4 Å². The van der Waals surface area contributed by atoms with E-state index in [0.29, 0.717) is 31.0 Å². The van der Waals surface area contributed by atoms with Crippen LogP contribution in [0.3, 0.4) is 0 Å². The summed E-state index contributed by atoms with van der Waals surface area (Å²) >= 11 is 5.75. The number of nitrogens with two attached hydrogens (primary N) is 1. The molecule has 1 aromatic rings. The second-order valence-corrected chi connectivity index (χ2v) is 8.22. The number of ether oxygens (including phenoxy) is 2. The van der Waals surface area contributed by atoms with Crippen molar-refractivity contribution in [3.8, 4) is 0 Å². The molecule has 0 fully saturated rings. The van der Waals surface area contributed by atoms with Gasteiger partial charge in [0.1, 0.15) is 6.04 Å². The molecule has 0 spiro atoms. The molecule has 0 aromatic heterocycles. The van der Waals surface area contributed by atoms with Gasteiger partial charge in [0.25, 0.3) is 5.91 Å². The third-order valence-electron chi connectivity index (χ3n) is 4.22. The molecule has 2 atom stereocenters. The Kier molecular flexibility index (Phi) is 11.6. The van der Waals surface area contributed by atoms with Crippen molar-refractivity contribution >= 4 is 36.3 Å². The third kappa shape index (κ3) is 8.03. The van der Waals surface area contributed by atoms with Crippen LogP contribution in [0.4, 0.5) is 0 Å². The van der Waals surface area contributed by atoms with Crippen molar-refractivity contribution in [2.75, 3.05) is 31.5 Å². The Morgan fingerprint density at radius 2 is 2.04 bits per heavy atom. The van der Waals surface area contributed by atoms with Crippen LogP contribution in [0, 0.1) is 0 Å². The van der Waals surface area contributed by atoms with Gasteiger partial charge in [-0.25, -0.2) is 4.79 Å². The van der Waals surface area contributed by atoms with Crippen molar-refractivity contribution in [1.82, 2.24) is 5.32 Å². The quantitative estimate of drug-likeness (QED) is 0.350.